The number of aromatic nitrogens is 1. The number of hydrogen-bond donors (Lipinski definition) is 0. The van der Waals surface area contributed by atoms with E-state index in [0.29, 0.717) is 12.3 Å². The Kier molecular flexibility index (Phi) is 4.95. The fourth-order valence-electron chi connectivity index (χ4n) is 3.78. The van der Waals surface area contributed by atoms with Gasteiger partial charge in [-0.15, -0.1) is 0 Å². The van der Waals surface area contributed by atoms with Gasteiger partial charge in [0.25, 0.3) is 0 Å². The van der Waals surface area contributed by atoms with Crippen LogP contribution in [0, 0.1) is 11.3 Å². The van der Waals surface area contributed by atoms with Crippen molar-refractivity contribution in [3.63, 3.8) is 0 Å². The molecule has 1 saturated carbocycles. The Balaban J connectivity index is 2.03. The standard InChI is InChI=1S/C22H31NO2/c1-15(2)17-9-10-18-11-19(13-22(3,4)21(24)25-5)23(20(18)12-17)14-16-7-6-8-16/h9-12,15-16H,6-8,13-14H2,1-5H3. The molecule has 25 heavy (non-hydrogen) atoms. The van der Waals surface area contributed by atoms with E-state index < -0.39 is 5.41 Å². The normalized spacial score (nSPS) is 15.6. The Morgan fingerprint density at radius 2 is 2.00 bits per heavy atom. The summed E-state index contributed by atoms with van der Waals surface area (Å²) in [5.74, 6) is 1.15. The van der Waals surface area contributed by atoms with Gasteiger partial charge < -0.3 is 9.30 Å². The summed E-state index contributed by atoms with van der Waals surface area (Å²) in [7, 11) is 1.48. The minimum atomic E-state index is -0.513. The number of ether oxygens (including phenoxy) is 1. The number of esters is 1. The number of nitrogens with zero attached hydrogens (tertiary/aromatic N) is 1. The highest BCUT2D eigenvalue weighted by molar-refractivity contribution is 5.83. The second-order valence-electron chi connectivity index (χ2n) is 8.57. The lowest BCUT2D eigenvalue weighted by atomic mass is 9.84. The molecule has 0 atom stereocenters. The van der Waals surface area contributed by atoms with Crippen molar-refractivity contribution in [1.29, 1.82) is 0 Å². The summed E-state index contributed by atoms with van der Waals surface area (Å²) in [5.41, 5.74) is 3.42. The molecular formula is C22H31NO2. The molecule has 2 aromatic rings. The van der Waals surface area contributed by atoms with Gasteiger partial charge in [-0.1, -0.05) is 32.4 Å². The van der Waals surface area contributed by atoms with E-state index in [0.717, 1.165) is 12.5 Å². The van der Waals surface area contributed by atoms with E-state index in [2.05, 4.69) is 42.7 Å². The zero-order valence-electron chi connectivity index (χ0n) is 16.3. The zero-order valence-corrected chi connectivity index (χ0v) is 16.3. The predicted octanol–water partition coefficient (Wildman–Crippen LogP) is 5.31. The van der Waals surface area contributed by atoms with E-state index in [4.69, 9.17) is 4.74 Å². The number of fused-ring (bicyclic) bond motifs is 1. The van der Waals surface area contributed by atoms with Gasteiger partial charge in [-0.2, -0.15) is 0 Å². The predicted molar refractivity (Wildman–Crippen MR) is 103 cm³/mol. The Morgan fingerprint density at radius 3 is 2.56 bits per heavy atom. The van der Waals surface area contributed by atoms with Gasteiger partial charge in [-0.3, -0.25) is 4.79 Å². The molecule has 1 aromatic heterocycles. The number of benzene rings is 1. The maximum Gasteiger partial charge on any atom is 0.311 e. The van der Waals surface area contributed by atoms with Gasteiger partial charge in [0.2, 0.25) is 0 Å². The van der Waals surface area contributed by atoms with Gasteiger partial charge in [0, 0.05) is 24.2 Å². The summed E-state index contributed by atoms with van der Waals surface area (Å²) >= 11 is 0. The topological polar surface area (TPSA) is 31.2 Å². The highest BCUT2D eigenvalue weighted by Gasteiger charge is 2.31. The fraction of sp³-hybridized carbons (Fsp3) is 0.591. The molecule has 136 valence electrons. The summed E-state index contributed by atoms with van der Waals surface area (Å²) in [6.45, 7) is 9.49. The zero-order chi connectivity index (χ0) is 18.2. The van der Waals surface area contributed by atoms with Gasteiger partial charge in [0.15, 0.2) is 0 Å². The third kappa shape index (κ3) is 3.61. The Bertz CT molecular complexity index is 766. The van der Waals surface area contributed by atoms with Crippen LogP contribution >= 0.6 is 0 Å². The number of hydrogen-bond acceptors (Lipinski definition) is 2. The van der Waals surface area contributed by atoms with Crippen molar-refractivity contribution in [1.82, 2.24) is 4.57 Å². The number of carbonyl (C=O) groups excluding carboxylic acids is 1. The quantitative estimate of drug-likeness (QED) is 0.667. The molecule has 0 aliphatic heterocycles. The van der Waals surface area contributed by atoms with Crippen molar-refractivity contribution in [3.05, 3.63) is 35.5 Å². The lowest BCUT2D eigenvalue weighted by molar-refractivity contribution is -0.150. The molecule has 1 aromatic carbocycles. The molecule has 0 spiro atoms. The van der Waals surface area contributed by atoms with E-state index in [1.807, 2.05) is 13.8 Å². The third-order valence-corrected chi connectivity index (χ3v) is 5.71. The molecule has 0 unspecified atom stereocenters. The van der Waals surface area contributed by atoms with E-state index in [9.17, 15) is 4.79 Å². The van der Waals surface area contributed by atoms with Gasteiger partial charge in [0.05, 0.1) is 12.5 Å². The van der Waals surface area contributed by atoms with Gasteiger partial charge in [0.1, 0.15) is 0 Å². The largest absolute Gasteiger partial charge is 0.469 e. The summed E-state index contributed by atoms with van der Waals surface area (Å²) < 4.78 is 7.48. The summed E-state index contributed by atoms with van der Waals surface area (Å²) in [6.07, 6.45) is 4.70. The van der Waals surface area contributed by atoms with Crippen LogP contribution < -0.4 is 0 Å². The molecule has 0 bridgehead atoms. The van der Waals surface area contributed by atoms with Gasteiger partial charge in [-0.05, 0) is 61.6 Å². The average molecular weight is 341 g/mol. The van der Waals surface area contributed by atoms with Crippen LogP contribution in [-0.2, 0) is 22.5 Å². The lowest BCUT2D eigenvalue weighted by Crippen LogP contribution is -2.29. The SMILES string of the molecule is COC(=O)C(C)(C)Cc1cc2ccc(C(C)C)cc2n1CC1CCC1. The van der Waals surface area contributed by atoms with Crippen molar-refractivity contribution >= 4 is 16.9 Å². The molecule has 1 aliphatic rings. The highest BCUT2D eigenvalue weighted by Crippen LogP contribution is 2.34. The van der Waals surface area contributed by atoms with Crippen LogP contribution in [0.3, 0.4) is 0 Å². The molecular weight excluding hydrogens is 310 g/mol. The second-order valence-corrected chi connectivity index (χ2v) is 8.57. The van der Waals surface area contributed by atoms with E-state index >= 15 is 0 Å². The highest BCUT2D eigenvalue weighted by atomic mass is 16.5. The first-order valence-corrected chi connectivity index (χ1v) is 9.52. The van der Waals surface area contributed by atoms with Gasteiger partial charge in [-0.25, -0.2) is 0 Å². The second kappa shape index (κ2) is 6.86. The van der Waals surface area contributed by atoms with Crippen LogP contribution in [-0.4, -0.2) is 17.6 Å². The van der Waals surface area contributed by atoms with Crippen molar-refractivity contribution in [2.45, 2.75) is 65.8 Å². The van der Waals surface area contributed by atoms with E-state index in [-0.39, 0.29) is 5.97 Å². The van der Waals surface area contributed by atoms with Crippen molar-refractivity contribution < 1.29 is 9.53 Å². The van der Waals surface area contributed by atoms with E-state index in [1.54, 1.807) is 0 Å². The molecule has 1 fully saturated rings. The first-order valence-electron chi connectivity index (χ1n) is 9.52. The Morgan fingerprint density at radius 1 is 1.28 bits per heavy atom. The number of carbonyl (C=O) groups is 1. The molecule has 3 rings (SSSR count). The van der Waals surface area contributed by atoms with Crippen LogP contribution in [0.15, 0.2) is 24.3 Å². The average Bonchev–Trinajstić information content (AvgIpc) is 2.85. The van der Waals surface area contributed by atoms with Crippen LogP contribution in [0.2, 0.25) is 0 Å². The van der Waals surface area contributed by atoms with Crippen molar-refractivity contribution in [2.75, 3.05) is 7.11 Å². The van der Waals surface area contributed by atoms with E-state index in [1.165, 1.54) is 48.5 Å². The minimum Gasteiger partial charge on any atom is -0.469 e. The molecule has 0 amide bonds. The number of methoxy groups -OCH3 is 1. The van der Waals surface area contributed by atoms with Crippen molar-refractivity contribution in [3.8, 4) is 0 Å². The molecule has 0 saturated heterocycles. The first kappa shape index (κ1) is 18.0. The smallest absolute Gasteiger partial charge is 0.311 e. The molecule has 0 N–H and O–H groups in total. The van der Waals surface area contributed by atoms with Crippen LogP contribution in [0.1, 0.15) is 64.1 Å². The molecule has 3 heteroatoms. The fourth-order valence-corrected chi connectivity index (χ4v) is 3.78. The molecule has 1 heterocycles. The maximum atomic E-state index is 12.2. The third-order valence-electron chi connectivity index (χ3n) is 5.71. The lowest BCUT2D eigenvalue weighted by Gasteiger charge is -2.29. The Hall–Kier alpha value is -1.77. The van der Waals surface area contributed by atoms with Crippen molar-refractivity contribution in [2.24, 2.45) is 11.3 Å². The molecule has 3 nitrogen and oxygen atoms in total. The van der Waals surface area contributed by atoms with Crippen LogP contribution in [0.25, 0.3) is 10.9 Å². The summed E-state index contributed by atoms with van der Waals surface area (Å²) in [5, 5.41) is 1.28. The monoisotopic (exact) mass is 341 g/mol. The minimum absolute atomic E-state index is 0.143. The van der Waals surface area contributed by atoms with Gasteiger partial charge >= 0.3 is 5.97 Å². The first-order chi connectivity index (χ1) is 11.8. The van der Waals surface area contributed by atoms with Crippen LogP contribution in [0.4, 0.5) is 0 Å². The number of rotatable bonds is 6. The Labute approximate surface area is 151 Å². The maximum absolute atomic E-state index is 12.2. The van der Waals surface area contributed by atoms with Crippen LogP contribution in [0.5, 0.6) is 0 Å². The summed E-state index contributed by atoms with van der Waals surface area (Å²) in [4.78, 5) is 12.2. The molecule has 0 radical (unpaired) electrons. The molecule has 1 aliphatic carbocycles. The summed E-state index contributed by atoms with van der Waals surface area (Å²) in [6, 6.07) is 9.07.